The van der Waals surface area contributed by atoms with Gasteiger partial charge in [-0.25, -0.2) is 4.79 Å². The van der Waals surface area contributed by atoms with Crippen molar-refractivity contribution >= 4 is 5.82 Å². The van der Waals surface area contributed by atoms with E-state index in [4.69, 9.17) is 5.11 Å². The van der Waals surface area contributed by atoms with Crippen molar-refractivity contribution in [1.29, 1.82) is 0 Å². The minimum Gasteiger partial charge on any atom is -0.395 e. The molecule has 1 aromatic heterocycles. The molecule has 0 saturated carbocycles. The molecule has 0 spiro atoms. The number of hydrogen-bond acceptors (Lipinski definition) is 4. The van der Waals surface area contributed by atoms with Crippen molar-refractivity contribution in [2.24, 2.45) is 7.05 Å². The molecule has 0 fully saturated rings. The molecule has 1 heterocycles. The molecule has 2 N–H and O–H groups in total. The van der Waals surface area contributed by atoms with E-state index in [1.165, 1.54) is 4.57 Å². The maximum Gasteiger partial charge on any atom is 0.349 e. The van der Waals surface area contributed by atoms with Gasteiger partial charge in [0.15, 0.2) is 0 Å². The lowest BCUT2D eigenvalue weighted by atomic mass is 10.5. The number of rotatable bonds is 3. The third-order valence-corrected chi connectivity index (χ3v) is 1.39. The Morgan fingerprint density at radius 1 is 1.75 bits per heavy atom. The van der Waals surface area contributed by atoms with Crippen molar-refractivity contribution in [3.05, 3.63) is 22.7 Å². The van der Waals surface area contributed by atoms with E-state index in [0.29, 0.717) is 12.4 Å². The second kappa shape index (κ2) is 3.87. The molecule has 1 rings (SSSR count). The topological polar surface area (TPSA) is 67.2 Å². The van der Waals surface area contributed by atoms with Crippen LogP contribution in [-0.2, 0) is 7.05 Å². The fourth-order valence-corrected chi connectivity index (χ4v) is 0.748. The Labute approximate surface area is 69.7 Å². The monoisotopic (exact) mass is 169 g/mol. The highest BCUT2D eigenvalue weighted by Crippen LogP contribution is 1.94. The molecule has 0 amide bonds. The minimum absolute atomic E-state index is 0.0247. The van der Waals surface area contributed by atoms with Gasteiger partial charge in [-0.1, -0.05) is 0 Å². The van der Waals surface area contributed by atoms with Crippen LogP contribution in [0.2, 0.25) is 0 Å². The summed E-state index contributed by atoms with van der Waals surface area (Å²) in [6.45, 7) is 0.428. The second-order valence-corrected chi connectivity index (χ2v) is 2.36. The number of anilines is 1. The first-order chi connectivity index (χ1) is 5.74. The molecule has 0 aliphatic carbocycles. The molecular weight excluding hydrogens is 158 g/mol. The molecular formula is C7H11N3O2. The summed E-state index contributed by atoms with van der Waals surface area (Å²) in [7, 11) is 1.63. The predicted molar refractivity (Wildman–Crippen MR) is 45.1 cm³/mol. The summed E-state index contributed by atoms with van der Waals surface area (Å²) in [4.78, 5) is 14.6. The molecule has 0 unspecified atom stereocenters. The lowest BCUT2D eigenvalue weighted by Crippen LogP contribution is -2.21. The van der Waals surface area contributed by atoms with Gasteiger partial charge in [0, 0.05) is 19.8 Å². The van der Waals surface area contributed by atoms with E-state index in [1.807, 2.05) is 0 Å². The Morgan fingerprint density at radius 3 is 3.08 bits per heavy atom. The first kappa shape index (κ1) is 8.73. The first-order valence-corrected chi connectivity index (χ1v) is 3.62. The van der Waals surface area contributed by atoms with Crippen LogP contribution in [0.15, 0.2) is 17.1 Å². The van der Waals surface area contributed by atoms with Gasteiger partial charge in [-0.2, -0.15) is 4.98 Å². The molecule has 0 bridgehead atoms. The van der Waals surface area contributed by atoms with Crippen LogP contribution < -0.4 is 11.0 Å². The Kier molecular flexibility index (Phi) is 2.82. The van der Waals surface area contributed by atoms with Crippen LogP contribution in [0, 0.1) is 0 Å². The molecule has 0 aliphatic rings. The van der Waals surface area contributed by atoms with Gasteiger partial charge in [0.05, 0.1) is 6.61 Å². The van der Waals surface area contributed by atoms with E-state index in [-0.39, 0.29) is 12.3 Å². The van der Waals surface area contributed by atoms with Gasteiger partial charge in [-0.3, -0.25) is 0 Å². The smallest absolute Gasteiger partial charge is 0.349 e. The van der Waals surface area contributed by atoms with Crippen LogP contribution in [0.4, 0.5) is 5.82 Å². The summed E-state index contributed by atoms with van der Waals surface area (Å²) >= 11 is 0. The SMILES string of the molecule is Cn1ccc(NCCO)nc1=O. The van der Waals surface area contributed by atoms with Gasteiger partial charge in [0.2, 0.25) is 0 Å². The van der Waals surface area contributed by atoms with E-state index in [0.717, 1.165) is 0 Å². The molecule has 0 radical (unpaired) electrons. The number of aliphatic hydroxyl groups is 1. The third kappa shape index (κ3) is 2.06. The molecule has 0 saturated heterocycles. The molecule has 0 aromatic carbocycles. The zero-order valence-electron chi connectivity index (χ0n) is 6.82. The van der Waals surface area contributed by atoms with Crippen LogP contribution >= 0.6 is 0 Å². The van der Waals surface area contributed by atoms with Crippen LogP contribution in [0.1, 0.15) is 0 Å². The lowest BCUT2D eigenvalue weighted by molar-refractivity contribution is 0.311. The van der Waals surface area contributed by atoms with Crippen molar-refractivity contribution in [1.82, 2.24) is 9.55 Å². The van der Waals surface area contributed by atoms with Gasteiger partial charge in [0.1, 0.15) is 5.82 Å². The molecule has 0 aliphatic heterocycles. The van der Waals surface area contributed by atoms with E-state index >= 15 is 0 Å². The largest absolute Gasteiger partial charge is 0.395 e. The number of aliphatic hydroxyl groups excluding tert-OH is 1. The normalized spacial score (nSPS) is 9.83. The first-order valence-electron chi connectivity index (χ1n) is 3.62. The molecule has 5 nitrogen and oxygen atoms in total. The highest BCUT2D eigenvalue weighted by Gasteiger charge is 1.94. The van der Waals surface area contributed by atoms with Crippen molar-refractivity contribution < 1.29 is 5.11 Å². The van der Waals surface area contributed by atoms with Crippen LogP contribution in [-0.4, -0.2) is 27.8 Å². The zero-order valence-corrected chi connectivity index (χ0v) is 6.82. The highest BCUT2D eigenvalue weighted by atomic mass is 16.3. The Hall–Kier alpha value is -1.36. The van der Waals surface area contributed by atoms with Crippen LogP contribution in [0.5, 0.6) is 0 Å². The zero-order chi connectivity index (χ0) is 8.97. The van der Waals surface area contributed by atoms with Crippen molar-refractivity contribution in [3.8, 4) is 0 Å². The fourth-order valence-electron chi connectivity index (χ4n) is 0.748. The summed E-state index contributed by atoms with van der Waals surface area (Å²) in [6.07, 6.45) is 1.62. The average Bonchev–Trinajstić information content (AvgIpc) is 2.07. The van der Waals surface area contributed by atoms with Gasteiger partial charge in [0.25, 0.3) is 0 Å². The maximum absolute atomic E-state index is 11.0. The van der Waals surface area contributed by atoms with Gasteiger partial charge < -0.3 is 15.0 Å². The summed E-state index contributed by atoms with van der Waals surface area (Å²) in [6, 6.07) is 1.68. The van der Waals surface area contributed by atoms with Gasteiger partial charge in [-0.15, -0.1) is 0 Å². The number of aromatic nitrogens is 2. The van der Waals surface area contributed by atoms with Crippen molar-refractivity contribution in [2.75, 3.05) is 18.5 Å². The average molecular weight is 169 g/mol. The Bertz CT molecular complexity index is 308. The molecule has 12 heavy (non-hydrogen) atoms. The predicted octanol–water partition coefficient (Wildman–Crippen LogP) is -0.816. The molecule has 5 heteroatoms. The molecule has 0 atom stereocenters. The lowest BCUT2D eigenvalue weighted by Gasteiger charge is -2.02. The third-order valence-electron chi connectivity index (χ3n) is 1.39. The fraction of sp³-hybridized carbons (Fsp3) is 0.429. The number of nitrogens with zero attached hydrogens (tertiary/aromatic N) is 2. The van der Waals surface area contributed by atoms with Gasteiger partial charge in [-0.05, 0) is 6.07 Å². The number of hydrogen-bond donors (Lipinski definition) is 2. The van der Waals surface area contributed by atoms with Crippen LogP contribution in [0.3, 0.4) is 0 Å². The van der Waals surface area contributed by atoms with E-state index < -0.39 is 0 Å². The van der Waals surface area contributed by atoms with Crippen molar-refractivity contribution in [2.45, 2.75) is 0 Å². The Balaban J connectivity index is 2.76. The summed E-state index contributed by atoms with van der Waals surface area (Å²) in [5.74, 6) is 0.493. The standard InChI is InChI=1S/C7H11N3O2/c1-10-4-2-6(8-3-5-11)9-7(10)12/h2,4,11H,3,5H2,1H3,(H,8,9,12). The highest BCUT2D eigenvalue weighted by molar-refractivity contribution is 5.31. The molecule has 1 aromatic rings. The number of nitrogens with one attached hydrogen (secondary N) is 1. The van der Waals surface area contributed by atoms with Crippen molar-refractivity contribution in [3.63, 3.8) is 0 Å². The summed E-state index contributed by atoms with van der Waals surface area (Å²) in [5.41, 5.74) is -0.307. The quantitative estimate of drug-likeness (QED) is 0.620. The maximum atomic E-state index is 11.0. The van der Waals surface area contributed by atoms with Crippen LogP contribution in [0.25, 0.3) is 0 Å². The number of aryl methyl sites for hydroxylation is 1. The van der Waals surface area contributed by atoms with E-state index in [1.54, 1.807) is 19.3 Å². The van der Waals surface area contributed by atoms with Gasteiger partial charge >= 0.3 is 5.69 Å². The van der Waals surface area contributed by atoms with E-state index in [2.05, 4.69) is 10.3 Å². The summed E-state index contributed by atoms with van der Waals surface area (Å²) in [5, 5.41) is 11.3. The van der Waals surface area contributed by atoms with E-state index in [9.17, 15) is 4.79 Å². The second-order valence-electron chi connectivity index (χ2n) is 2.36. The molecule has 66 valence electrons. The summed E-state index contributed by atoms with van der Waals surface area (Å²) < 4.78 is 1.38. The Morgan fingerprint density at radius 2 is 2.50 bits per heavy atom. The minimum atomic E-state index is -0.307.